The fourth-order valence-electron chi connectivity index (χ4n) is 1.81. The topological polar surface area (TPSA) is 23.5 Å². The number of piperidine rings is 1. The zero-order chi connectivity index (χ0) is 13.9. The molecule has 0 aliphatic carbocycles. The van der Waals surface area contributed by atoms with Crippen LogP contribution in [0.5, 0.6) is 0 Å². The average Bonchev–Trinajstić information content (AvgIpc) is 2.39. The number of hydrogen-bond donors (Lipinski definition) is 1. The number of aliphatic hydroxyl groups is 1. The maximum atomic E-state index is 10.3. The highest BCUT2D eigenvalue weighted by molar-refractivity contribution is 8.02. The van der Waals surface area contributed by atoms with Gasteiger partial charge in [0.15, 0.2) is 0 Å². The Morgan fingerprint density at radius 2 is 1.59 bits per heavy atom. The van der Waals surface area contributed by atoms with Crippen LogP contribution in [-0.4, -0.2) is 42.0 Å². The highest BCUT2D eigenvalue weighted by Crippen LogP contribution is 2.34. The molecule has 17 heavy (non-hydrogen) atoms. The van der Waals surface area contributed by atoms with E-state index in [1.165, 1.54) is 0 Å². The molecule has 0 unspecified atom stereocenters. The van der Waals surface area contributed by atoms with Crippen molar-refractivity contribution in [2.45, 2.75) is 53.1 Å². The van der Waals surface area contributed by atoms with Crippen molar-refractivity contribution >= 4 is 11.8 Å². The van der Waals surface area contributed by atoms with Crippen molar-refractivity contribution in [3.63, 3.8) is 0 Å². The number of rotatable bonds is 2. The summed E-state index contributed by atoms with van der Waals surface area (Å²) in [5, 5.41) is 10.3. The van der Waals surface area contributed by atoms with Gasteiger partial charge in [-0.05, 0) is 33.1 Å². The summed E-state index contributed by atoms with van der Waals surface area (Å²) in [5.41, 5.74) is -0.541. The second-order valence-electron chi connectivity index (χ2n) is 3.69. The summed E-state index contributed by atoms with van der Waals surface area (Å²) in [6.45, 7) is 12.0. The van der Waals surface area contributed by atoms with Gasteiger partial charge < -0.3 is 10.0 Å². The van der Waals surface area contributed by atoms with Gasteiger partial charge in [-0.3, -0.25) is 0 Å². The molecule has 0 spiro atoms. The lowest BCUT2D eigenvalue weighted by atomic mass is 9.91. The zero-order valence-corrected chi connectivity index (χ0v) is 13.5. The van der Waals surface area contributed by atoms with Crippen molar-refractivity contribution in [1.29, 1.82) is 0 Å². The van der Waals surface area contributed by atoms with E-state index in [1.807, 2.05) is 47.0 Å². The lowest BCUT2D eigenvalue weighted by molar-refractivity contribution is 0.0232. The molecule has 1 fully saturated rings. The fraction of sp³-hybridized carbons (Fsp3) is 0.857. The number of allylic oxidation sites excluding steroid dienone is 1. The summed E-state index contributed by atoms with van der Waals surface area (Å²) >= 11 is 1.67. The SMILES string of the molecule is C/C=C(\SC)C1(O)CCN(C)CC1.CC.CC. The molecule has 0 atom stereocenters. The van der Waals surface area contributed by atoms with Gasteiger partial charge in [-0.2, -0.15) is 0 Å². The van der Waals surface area contributed by atoms with Gasteiger partial charge in [0.2, 0.25) is 0 Å². The van der Waals surface area contributed by atoms with Gasteiger partial charge in [0, 0.05) is 18.0 Å². The molecule has 1 heterocycles. The highest BCUT2D eigenvalue weighted by Gasteiger charge is 2.33. The lowest BCUT2D eigenvalue weighted by Crippen LogP contribution is -2.43. The van der Waals surface area contributed by atoms with Crippen molar-refractivity contribution in [3.8, 4) is 0 Å². The van der Waals surface area contributed by atoms with E-state index in [9.17, 15) is 5.11 Å². The molecule has 3 heteroatoms. The van der Waals surface area contributed by atoms with Crippen LogP contribution in [0.1, 0.15) is 47.5 Å². The number of hydrogen-bond acceptors (Lipinski definition) is 3. The maximum Gasteiger partial charge on any atom is 0.0975 e. The summed E-state index contributed by atoms with van der Waals surface area (Å²) in [6, 6.07) is 0. The Morgan fingerprint density at radius 1 is 1.18 bits per heavy atom. The second-order valence-corrected chi connectivity index (χ2v) is 4.54. The van der Waals surface area contributed by atoms with Gasteiger partial charge in [-0.15, -0.1) is 11.8 Å². The van der Waals surface area contributed by atoms with E-state index in [2.05, 4.69) is 11.9 Å². The van der Waals surface area contributed by atoms with Crippen molar-refractivity contribution in [2.75, 3.05) is 26.4 Å². The minimum atomic E-state index is -0.541. The number of nitrogens with zero attached hydrogens (tertiary/aromatic N) is 1. The summed E-state index contributed by atoms with van der Waals surface area (Å²) < 4.78 is 0. The minimum absolute atomic E-state index is 0.541. The third-order valence-electron chi connectivity index (χ3n) is 2.75. The first-order valence-electron chi connectivity index (χ1n) is 6.74. The van der Waals surface area contributed by atoms with Gasteiger partial charge in [0.25, 0.3) is 0 Å². The smallest absolute Gasteiger partial charge is 0.0975 e. The third-order valence-corrected chi connectivity index (χ3v) is 3.81. The second kappa shape index (κ2) is 11.1. The molecule has 1 N–H and O–H groups in total. The van der Waals surface area contributed by atoms with Crippen molar-refractivity contribution < 1.29 is 5.11 Å². The van der Waals surface area contributed by atoms with Crippen LogP contribution in [0.15, 0.2) is 11.0 Å². The summed E-state index contributed by atoms with van der Waals surface area (Å²) in [5.74, 6) is 0. The molecule has 1 aliphatic rings. The third kappa shape index (κ3) is 6.49. The fourth-order valence-corrected chi connectivity index (χ4v) is 2.63. The Labute approximate surface area is 112 Å². The molecule has 0 bridgehead atoms. The van der Waals surface area contributed by atoms with Gasteiger partial charge in [-0.25, -0.2) is 0 Å². The van der Waals surface area contributed by atoms with E-state index in [4.69, 9.17) is 0 Å². The van der Waals surface area contributed by atoms with Crippen molar-refractivity contribution in [3.05, 3.63) is 11.0 Å². The Hall–Kier alpha value is 0.01000. The minimum Gasteiger partial charge on any atom is -0.385 e. The Balaban J connectivity index is 0. The Bertz CT molecular complexity index is 196. The van der Waals surface area contributed by atoms with Gasteiger partial charge in [-0.1, -0.05) is 33.8 Å². The Morgan fingerprint density at radius 3 is 1.88 bits per heavy atom. The average molecular weight is 261 g/mol. The van der Waals surface area contributed by atoms with Crippen LogP contribution < -0.4 is 0 Å². The number of thioether (sulfide) groups is 1. The van der Waals surface area contributed by atoms with Crippen LogP contribution in [0.4, 0.5) is 0 Å². The zero-order valence-electron chi connectivity index (χ0n) is 12.7. The molecule has 0 amide bonds. The van der Waals surface area contributed by atoms with E-state index in [-0.39, 0.29) is 0 Å². The lowest BCUT2D eigenvalue weighted by Gasteiger charge is -2.37. The van der Waals surface area contributed by atoms with Crippen LogP contribution in [0.2, 0.25) is 0 Å². The first-order valence-corrected chi connectivity index (χ1v) is 7.96. The first kappa shape index (κ1) is 19.4. The summed E-state index contributed by atoms with van der Waals surface area (Å²) in [6.07, 6.45) is 5.80. The standard InChI is InChI=1S/C10H19NOS.2C2H6/c1-4-9(13-3)10(12)5-7-11(2)8-6-10;2*1-2/h4,12H,5-8H2,1-3H3;2*1-2H3/b9-4-;;. The maximum absolute atomic E-state index is 10.3. The number of likely N-dealkylation sites (tertiary alicyclic amines) is 1. The van der Waals surface area contributed by atoms with E-state index in [0.717, 1.165) is 30.8 Å². The molecule has 0 radical (unpaired) electrons. The molecular weight excluding hydrogens is 230 g/mol. The van der Waals surface area contributed by atoms with Crippen LogP contribution in [0.3, 0.4) is 0 Å². The molecule has 1 rings (SSSR count). The summed E-state index contributed by atoms with van der Waals surface area (Å²) in [7, 11) is 2.11. The van der Waals surface area contributed by atoms with Crippen LogP contribution in [-0.2, 0) is 0 Å². The van der Waals surface area contributed by atoms with Crippen LogP contribution in [0, 0.1) is 0 Å². The molecule has 2 nitrogen and oxygen atoms in total. The predicted octanol–water partition coefficient (Wildman–Crippen LogP) is 3.76. The van der Waals surface area contributed by atoms with Gasteiger partial charge >= 0.3 is 0 Å². The van der Waals surface area contributed by atoms with E-state index in [0.29, 0.717) is 0 Å². The normalized spacial score (nSPS) is 19.6. The Kier molecular flexibility index (Phi) is 12.7. The van der Waals surface area contributed by atoms with E-state index in [1.54, 1.807) is 11.8 Å². The molecule has 0 saturated carbocycles. The highest BCUT2D eigenvalue weighted by atomic mass is 32.2. The van der Waals surface area contributed by atoms with Gasteiger partial charge in [0.1, 0.15) is 0 Å². The molecular formula is C14H31NOS. The predicted molar refractivity (Wildman–Crippen MR) is 81.6 cm³/mol. The van der Waals surface area contributed by atoms with Gasteiger partial charge in [0.05, 0.1) is 5.60 Å². The summed E-state index contributed by atoms with van der Waals surface area (Å²) in [4.78, 5) is 3.39. The largest absolute Gasteiger partial charge is 0.385 e. The molecule has 1 aliphatic heterocycles. The monoisotopic (exact) mass is 261 g/mol. The molecule has 1 saturated heterocycles. The van der Waals surface area contributed by atoms with Crippen LogP contribution in [0.25, 0.3) is 0 Å². The van der Waals surface area contributed by atoms with Crippen molar-refractivity contribution in [1.82, 2.24) is 4.90 Å². The quantitative estimate of drug-likeness (QED) is 0.818. The van der Waals surface area contributed by atoms with Crippen LogP contribution >= 0.6 is 11.8 Å². The first-order chi connectivity index (χ1) is 8.12. The van der Waals surface area contributed by atoms with Crippen molar-refractivity contribution in [2.24, 2.45) is 0 Å². The molecule has 0 aromatic carbocycles. The van der Waals surface area contributed by atoms with E-state index >= 15 is 0 Å². The van der Waals surface area contributed by atoms with E-state index < -0.39 is 5.60 Å². The molecule has 0 aromatic heterocycles. The molecule has 104 valence electrons. The molecule has 0 aromatic rings.